The number of carboxylic acids is 2. The predicted molar refractivity (Wildman–Crippen MR) is 129 cm³/mol. The first kappa shape index (κ1) is 24.8. The van der Waals surface area contributed by atoms with Gasteiger partial charge in [-0.3, -0.25) is 0 Å². The molecule has 0 spiro atoms. The Bertz CT molecular complexity index is 1480. The van der Waals surface area contributed by atoms with Crippen LogP contribution in [0.4, 0.5) is 0 Å². The number of halogens is 1. The Balaban J connectivity index is 0.000000196. The van der Waals surface area contributed by atoms with Crippen LogP contribution < -0.4 is 9.47 Å². The van der Waals surface area contributed by atoms with E-state index >= 15 is 0 Å². The highest BCUT2D eigenvalue weighted by atomic mass is 35.7. The number of hydrogen-bond acceptors (Lipinski definition) is 6. The van der Waals surface area contributed by atoms with Gasteiger partial charge in [-0.05, 0) is 29.0 Å². The quantitative estimate of drug-likeness (QED) is 0.353. The van der Waals surface area contributed by atoms with Crippen LogP contribution in [0, 0.1) is 0 Å². The van der Waals surface area contributed by atoms with Gasteiger partial charge in [-0.1, -0.05) is 54.6 Å². The fraction of sp³-hybridized carbons (Fsp3) is 0.0833. The topological polar surface area (TPSA) is 127 Å². The van der Waals surface area contributed by atoms with Crippen molar-refractivity contribution in [3.05, 3.63) is 83.9 Å². The lowest BCUT2D eigenvalue weighted by molar-refractivity contribution is 0.0684. The molecule has 0 aliphatic rings. The average molecular weight is 503 g/mol. The monoisotopic (exact) mass is 502 g/mol. The van der Waals surface area contributed by atoms with Crippen LogP contribution in [0.25, 0.3) is 21.5 Å². The fourth-order valence-electron chi connectivity index (χ4n) is 3.28. The molecule has 0 aliphatic heterocycles. The van der Waals surface area contributed by atoms with Crippen molar-refractivity contribution in [1.82, 2.24) is 0 Å². The molecule has 0 saturated carbocycles. The highest BCUT2D eigenvalue weighted by Crippen LogP contribution is 2.30. The second-order valence-electron chi connectivity index (χ2n) is 6.97. The van der Waals surface area contributed by atoms with E-state index in [1.165, 1.54) is 19.2 Å². The van der Waals surface area contributed by atoms with E-state index in [4.69, 9.17) is 30.4 Å². The molecule has 0 aromatic heterocycles. The van der Waals surface area contributed by atoms with Gasteiger partial charge in [-0.15, -0.1) is 0 Å². The minimum absolute atomic E-state index is 0.0145. The zero-order valence-electron chi connectivity index (χ0n) is 17.8. The van der Waals surface area contributed by atoms with Gasteiger partial charge in [0, 0.05) is 21.5 Å². The summed E-state index contributed by atoms with van der Waals surface area (Å²) in [4.78, 5) is 21.9. The van der Waals surface area contributed by atoms with Gasteiger partial charge in [0.15, 0.2) is 0 Å². The van der Waals surface area contributed by atoms with Crippen LogP contribution in [0.2, 0.25) is 0 Å². The minimum atomic E-state index is -3.82. The van der Waals surface area contributed by atoms with Crippen LogP contribution in [0.5, 0.6) is 11.5 Å². The van der Waals surface area contributed by atoms with E-state index in [0.717, 1.165) is 10.8 Å². The molecule has 0 unspecified atom stereocenters. The van der Waals surface area contributed by atoms with Crippen molar-refractivity contribution < 1.29 is 37.7 Å². The Hall–Kier alpha value is -3.82. The van der Waals surface area contributed by atoms with Crippen molar-refractivity contribution in [3.8, 4) is 11.5 Å². The number of ether oxygens (including phenoxy) is 2. The summed E-state index contributed by atoms with van der Waals surface area (Å²) >= 11 is 0. The number of rotatable bonds is 6. The number of benzene rings is 4. The van der Waals surface area contributed by atoms with Crippen molar-refractivity contribution >= 4 is 53.2 Å². The van der Waals surface area contributed by atoms with E-state index in [-0.39, 0.29) is 16.9 Å². The maximum atomic E-state index is 11.0. The number of aromatic carboxylic acids is 2. The van der Waals surface area contributed by atoms with Crippen LogP contribution in [-0.2, 0) is 9.05 Å². The van der Waals surface area contributed by atoms with Crippen molar-refractivity contribution in [3.63, 3.8) is 0 Å². The standard InChI is InChI=1S/C12H9ClO5S.C12H10O3/c13-19(16,17)7-18-11-6-9(12(14)15)5-8-3-1-2-4-10(8)11;1-15-11-9-5-3-2-4-8(9)6-7-10(11)12(13)14/h1-6H,7H2,(H,14,15);2-7H,1H3,(H,13,14). The molecule has 4 aromatic carbocycles. The van der Waals surface area contributed by atoms with Crippen LogP contribution in [0.15, 0.2) is 72.8 Å². The molecule has 0 aliphatic carbocycles. The Morgan fingerprint density at radius 3 is 2.06 bits per heavy atom. The van der Waals surface area contributed by atoms with Crippen LogP contribution in [0.1, 0.15) is 20.7 Å². The molecule has 0 bridgehead atoms. The largest absolute Gasteiger partial charge is 0.495 e. The third-order valence-electron chi connectivity index (χ3n) is 4.74. The van der Waals surface area contributed by atoms with Crippen molar-refractivity contribution in [2.75, 3.05) is 13.0 Å². The van der Waals surface area contributed by atoms with E-state index in [1.54, 1.807) is 36.4 Å². The first-order valence-electron chi connectivity index (χ1n) is 9.71. The summed E-state index contributed by atoms with van der Waals surface area (Å²) < 4.78 is 32.0. The average Bonchev–Trinajstić information content (AvgIpc) is 2.81. The fourth-order valence-corrected chi connectivity index (χ4v) is 3.68. The lowest BCUT2D eigenvalue weighted by Gasteiger charge is -2.09. The molecular weight excluding hydrogens is 484 g/mol. The highest BCUT2D eigenvalue weighted by molar-refractivity contribution is 8.13. The number of carboxylic acid groups (broad SMARTS) is 2. The Morgan fingerprint density at radius 2 is 1.47 bits per heavy atom. The van der Waals surface area contributed by atoms with E-state index in [1.807, 2.05) is 24.3 Å². The molecular formula is C24H19ClO8S. The second kappa shape index (κ2) is 10.4. The molecule has 0 saturated heterocycles. The summed E-state index contributed by atoms with van der Waals surface area (Å²) in [7, 11) is 2.73. The SMILES string of the molecule is COc1c(C(=O)O)ccc2ccccc12.O=C(O)c1cc(OCS(=O)(=O)Cl)c2ccccc2c1. The minimum Gasteiger partial charge on any atom is -0.495 e. The van der Waals surface area contributed by atoms with Crippen LogP contribution in [0.3, 0.4) is 0 Å². The van der Waals surface area contributed by atoms with Gasteiger partial charge in [0.25, 0.3) is 9.05 Å². The predicted octanol–water partition coefficient (Wildman–Crippen LogP) is 4.99. The zero-order valence-corrected chi connectivity index (χ0v) is 19.3. The molecule has 0 radical (unpaired) electrons. The first-order valence-corrected chi connectivity index (χ1v) is 12.2. The normalized spacial score (nSPS) is 10.9. The Morgan fingerprint density at radius 1 is 0.853 bits per heavy atom. The summed E-state index contributed by atoms with van der Waals surface area (Å²) in [6.45, 7) is 0. The number of hydrogen-bond donors (Lipinski definition) is 2. The van der Waals surface area contributed by atoms with E-state index in [2.05, 4.69) is 0 Å². The number of carbonyl (C=O) groups is 2. The molecule has 0 fully saturated rings. The summed E-state index contributed by atoms with van der Waals surface area (Å²) in [6.07, 6.45) is 0. The van der Waals surface area contributed by atoms with Crippen LogP contribution in [-0.4, -0.2) is 43.6 Å². The van der Waals surface area contributed by atoms with Gasteiger partial charge in [0.2, 0.25) is 5.94 Å². The zero-order chi connectivity index (χ0) is 24.9. The molecule has 10 heteroatoms. The van der Waals surface area contributed by atoms with Crippen molar-refractivity contribution in [1.29, 1.82) is 0 Å². The van der Waals surface area contributed by atoms with Gasteiger partial charge in [0.1, 0.15) is 17.1 Å². The summed E-state index contributed by atoms with van der Waals surface area (Å²) in [5, 5.41) is 21.0. The van der Waals surface area contributed by atoms with Gasteiger partial charge in [-0.2, -0.15) is 0 Å². The van der Waals surface area contributed by atoms with Crippen molar-refractivity contribution in [2.45, 2.75) is 0 Å². The molecule has 4 rings (SSSR count). The Kier molecular flexibility index (Phi) is 7.60. The van der Waals surface area contributed by atoms with E-state index in [9.17, 15) is 18.0 Å². The van der Waals surface area contributed by atoms with Crippen molar-refractivity contribution in [2.24, 2.45) is 0 Å². The second-order valence-corrected chi connectivity index (χ2v) is 9.70. The summed E-state index contributed by atoms with van der Waals surface area (Å²) in [5.74, 6) is -2.23. The lowest BCUT2D eigenvalue weighted by Crippen LogP contribution is -2.06. The first-order chi connectivity index (χ1) is 16.1. The van der Waals surface area contributed by atoms with Gasteiger partial charge >= 0.3 is 11.9 Å². The summed E-state index contributed by atoms with van der Waals surface area (Å²) in [6, 6.07) is 20.5. The maximum Gasteiger partial charge on any atom is 0.339 e. The molecule has 176 valence electrons. The third kappa shape index (κ3) is 5.94. The lowest BCUT2D eigenvalue weighted by atomic mass is 10.1. The maximum absolute atomic E-state index is 11.0. The number of fused-ring (bicyclic) bond motifs is 2. The molecule has 0 amide bonds. The summed E-state index contributed by atoms with van der Waals surface area (Å²) in [5.41, 5.74) is 0.205. The molecule has 8 nitrogen and oxygen atoms in total. The molecule has 34 heavy (non-hydrogen) atoms. The highest BCUT2D eigenvalue weighted by Gasteiger charge is 2.14. The van der Waals surface area contributed by atoms with Gasteiger partial charge in [-0.25, -0.2) is 18.0 Å². The smallest absolute Gasteiger partial charge is 0.339 e. The van der Waals surface area contributed by atoms with E-state index < -0.39 is 26.9 Å². The van der Waals surface area contributed by atoms with Crippen LogP contribution >= 0.6 is 10.7 Å². The molecule has 4 aromatic rings. The Labute approximate surface area is 199 Å². The molecule has 0 heterocycles. The third-order valence-corrected chi connectivity index (χ3v) is 5.41. The molecule has 0 atom stereocenters. The number of methoxy groups -OCH3 is 1. The van der Waals surface area contributed by atoms with E-state index in [0.29, 0.717) is 16.5 Å². The van der Waals surface area contributed by atoms with Gasteiger partial charge < -0.3 is 19.7 Å². The molecule has 2 N–H and O–H groups in total. The van der Waals surface area contributed by atoms with Gasteiger partial charge in [0.05, 0.1) is 12.7 Å².